The lowest BCUT2D eigenvalue weighted by atomic mass is 10.2. The Morgan fingerprint density at radius 2 is 2.10 bits per heavy atom. The van der Waals surface area contributed by atoms with E-state index in [4.69, 9.17) is 0 Å². The standard InChI is InChI=1S/C12H13N5O2S/c1-8-6-9(16(2)3)4-5-10(8)14-15-12-13-7-11(20-12)17(18)19/h4-7H,1-3H3. The van der Waals surface area contributed by atoms with Crippen molar-refractivity contribution in [3.8, 4) is 0 Å². The van der Waals surface area contributed by atoms with Crippen molar-refractivity contribution in [3.63, 3.8) is 0 Å². The van der Waals surface area contributed by atoms with Gasteiger partial charge in [0.2, 0.25) is 5.13 Å². The van der Waals surface area contributed by atoms with Crippen molar-refractivity contribution in [1.82, 2.24) is 4.98 Å². The van der Waals surface area contributed by atoms with Gasteiger partial charge in [-0.15, -0.1) is 10.2 Å². The highest BCUT2D eigenvalue weighted by molar-refractivity contribution is 7.18. The molecular formula is C12H13N5O2S. The number of rotatable bonds is 4. The number of benzene rings is 1. The predicted octanol–water partition coefficient (Wildman–Crippen LogP) is 3.84. The number of aromatic nitrogens is 1. The van der Waals surface area contributed by atoms with Gasteiger partial charge in [0.15, 0.2) is 0 Å². The average Bonchev–Trinajstić information content (AvgIpc) is 2.86. The summed E-state index contributed by atoms with van der Waals surface area (Å²) in [5.74, 6) is 0. The van der Waals surface area contributed by atoms with Crippen LogP contribution in [0.1, 0.15) is 5.56 Å². The van der Waals surface area contributed by atoms with Crippen molar-refractivity contribution in [2.75, 3.05) is 19.0 Å². The number of anilines is 1. The number of aryl methyl sites for hydroxylation is 1. The number of nitro groups is 1. The zero-order valence-electron chi connectivity index (χ0n) is 11.3. The maximum Gasteiger partial charge on any atom is 0.345 e. The van der Waals surface area contributed by atoms with Crippen molar-refractivity contribution >= 4 is 32.8 Å². The highest BCUT2D eigenvalue weighted by atomic mass is 32.1. The Hall–Kier alpha value is -2.35. The van der Waals surface area contributed by atoms with Gasteiger partial charge in [0.1, 0.15) is 6.20 Å². The first-order chi connectivity index (χ1) is 9.47. The van der Waals surface area contributed by atoms with E-state index in [0.717, 1.165) is 22.6 Å². The first-order valence-corrected chi connectivity index (χ1v) is 6.59. The van der Waals surface area contributed by atoms with E-state index in [9.17, 15) is 10.1 Å². The number of thiazole rings is 1. The fraction of sp³-hybridized carbons (Fsp3) is 0.250. The van der Waals surface area contributed by atoms with E-state index in [2.05, 4.69) is 15.2 Å². The minimum absolute atomic E-state index is 0.0429. The molecule has 0 atom stereocenters. The molecule has 0 N–H and O–H groups in total. The molecule has 7 nitrogen and oxygen atoms in total. The van der Waals surface area contributed by atoms with Crippen LogP contribution in [0.4, 0.5) is 21.5 Å². The molecule has 0 amide bonds. The Labute approximate surface area is 119 Å². The second-order valence-electron chi connectivity index (χ2n) is 4.30. The second-order valence-corrected chi connectivity index (χ2v) is 5.29. The lowest BCUT2D eigenvalue weighted by Gasteiger charge is -2.13. The van der Waals surface area contributed by atoms with E-state index in [1.54, 1.807) is 0 Å². The van der Waals surface area contributed by atoms with Crippen LogP contribution in [-0.2, 0) is 0 Å². The van der Waals surface area contributed by atoms with Crippen molar-refractivity contribution in [3.05, 3.63) is 40.1 Å². The van der Waals surface area contributed by atoms with E-state index < -0.39 is 4.92 Å². The van der Waals surface area contributed by atoms with Gasteiger partial charge >= 0.3 is 5.00 Å². The Morgan fingerprint density at radius 3 is 2.65 bits per heavy atom. The van der Waals surface area contributed by atoms with Gasteiger partial charge in [-0.3, -0.25) is 10.1 Å². The Balaban J connectivity index is 2.20. The van der Waals surface area contributed by atoms with Crippen LogP contribution < -0.4 is 4.90 Å². The summed E-state index contributed by atoms with van der Waals surface area (Å²) in [7, 11) is 3.93. The van der Waals surface area contributed by atoms with Crippen molar-refractivity contribution in [1.29, 1.82) is 0 Å². The Kier molecular flexibility index (Phi) is 4.04. The summed E-state index contributed by atoms with van der Waals surface area (Å²) in [6, 6.07) is 5.79. The molecule has 1 aromatic carbocycles. The van der Waals surface area contributed by atoms with Crippen LogP contribution in [0.3, 0.4) is 0 Å². The zero-order valence-corrected chi connectivity index (χ0v) is 12.1. The Bertz CT molecular complexity index is 666. The molecule has 1 heterocycles. The molecule has 0 unspecified atom stereocenters. The SMILES string of the molecule is Cc1cc(N(C)C)ccc1N=Nc1ncc([N+](=O)[O-])s1. The molecule has 8 heteroatoms. The maximum atomic E-state index is 10.5. The highest BCUT2D eigenvalue weighted by Gasteiger charge is 2.10. The van der Waals surface area contributed by atoms with E-state index in [1.807, 2.05) is 44.1 Å². The van der Waals surface area contributed by atoms with Gasteiger partial charge in [0.05, 0.1) is 10.6 Å². The summed E-state index contributed by atoms with van der Waals surface area (Å²) in [5, 5.41) is 18.8. The van der Waals surface area contributed by atoms with Gasteiger partial charge in [-0.05, 0) is 42.0 Å². The number of hydrogen-bond acceptors (Lipinski definition) is 7. The largest absolute Gasteiger partial charge is 0.378 e. The second kappa shape index (κ2) is 5.74. The molecule has 2 aromatic rings. The fourth-order valence-electron chi connectivity index (χ4n) is 1.51. The van der Waals surface area contributed by atoms with Gasteiger partial charge in [-0.1, -0.05) is 0 Å². The molecule has 0 fully saturated rings. The molecule has 2 rings (SSSR count). The van der Waals surface area contributed by atoms with Crippen LogP contribution in [0.15, 0.2) is 34.6 Å². The van der Waals surface area contributed by atoms with Gasteiger partial charge in [0.25, 0.3) is 0 Å². The molecule has 104 valence electrons. The first-order valence-electron chi connectivity index (χ1n) is 5.77. The highest BCUT2D eigenvalue weighted by Crippen LogP contribution is 2.30. The van der Waals surface area contributed by atoms with Crippen LogP contribution in [0.2, 0.25) is 0 Å². The van der Waals surface area contributed by atoms with E-state index in [0.29, 0.717) is 5.69 Å². The summed E-state index contributed by atoms with van der Waals surface area (Å²) in [6.07, 6.45) is 1.18. The minimum Gasteiger partial charge on any atom is -0.378 e. The van der Waals surface area contributed by atoms with Crippen LogP contribution in [0.25, 0.3) is 0 Å². The van der Waals surface area contributed by atoms with E-state index in [1.165, 1.54) is 6.20 Å². The van der Waals surface area contributed by atoms with Crippen molar-refractivity contribution in [2.45, 2.75) is 6.92 Å². The molecular weight excluding hydrogens is 278 g/mol. The lowest BCUT2D eigenvalue weighted by Crippen LogP contribution is -2.08. The van der Waals surface area contributed by atoms with Gasteiger partial charge in [-0.25, -0.2) is 4.98 Å². The predicted molar refractivity (Wildman–Crippen MR) is 78.5 cm³/mol. The molecule has 0 saturated heterocycles. The van der Waals surface area contributed by atoms with Crippen LogP contribution in [0, 0.1) is 17.0 Å². The quantitative estimate of drug-likeness (QED) is 0.486. The topological polar surface area (TPSA) is 84.0 Å². The molecule has 0 aliphatic rings. The van der Waals surface area contributed by atoms with Gasteiger partial charge in [-0.2, -0.15) is 0 Å². The summed E-state index contributed by atoms with van der Waals surface area (Å²) < 4.78 is 0. The number of nitrogens with zero attached hydrogens (tertiary/aromatic N) is 5. The van der Waals surface area contributed by atoms with Gasteiger partial charge in [0, 0.05) is 19.8 Å². The van der Waals surface area contributed by atoms with E-state index >= 15 is 0 Å². The third kappa shape index (κ3) is 3.15. The van der Waals surface area contributed by atoms with Crippen LogP contribution >= 0.6 is 11.3 Å². The van der Waals surface area contributed by atoms with Crippen LogP contribution in [-0.4, -0.2) is 24.0 Å². The van der Waals surface area contributed by atoms with Crippen molar-refractivity contribution < 1.29 is 4.92 Å². The molecule has 0 radical (unpaired) electrons. The summed E-state index contributed by atoms with van der Waals surface area (Å²) >= 11 is 0.895. The minimum atomic E-state index is -0.492. The van der Waals surface area contributed by atoms with E-state index in [-0.39, 0.29) is 10.1 Å². The normalized spacial score (nSPS) is 10.9. The molecule has 0 saturated carbocycles. The molecule has 1 aromatic heterocycles. The third-order valence-corrected chi connectivity index (χ3v) is 3.43. The molecule has 0 aliphatic carbocycles. The summed E-state index contributed by atoms with van der Waals surface area (Å²) in [6.45, 7) is 1.94. The van der Waals surface area contributed by atoms with Gasteiger partial charge < -0.3 is 4.90 Å². The maximum absolute atomic E-state index is 10.5. The zero-order chi connectivity index (χ0) is 14.7. The average molecular weight is 291 g/mol. The van der Waals surface area contributed by atoms with Crippen molar-refractivity contribution in [2.24, 2.45) is 10.2 Å². The summed E-state index contributed by atoms with van der Waals surface area (Å²) in [5.41, 5.74) is 2.77. The first kappa shape index (κ1) is 14.1. The lowest BCUT2D eigenvalue weighted by molar-refractivity contribution is -0.380. The summed E-state index contributed by atoms with van der Waals surface area (Å²) in [4.78, 5) is 15.9. The fourth-order valence-corrected chi connectivity index (χ4v) is 2.07. The number of hydrogen-bond donors (Lipinski definition) is 0. The Morgan fingerprint density at radius 1 is 1.35 bits per heavy atom. The molecule has 0 bridgehead atoms. The molecule has 0 aliphatic heterocycles. The smallest absolute Gasteiger partial charge is 0.345 e. The van der Waals surface area contributed by atoms with Crippen LogP contribution in [0.5, 0.6) is 0 Å². The molecule has 0 spiro atoms. The molecule has 20 heavy (non-hydrogen) atoms. The number of azo groups is 1. The monoisotopic (exact) mass is 291 g/mol. The third-order valence-electron chi connectivity index (χ3n) is 2.60.